The van der Waals surface area contributed by atoms with Gasteiger partial charge in [0.25, 0.3) is 0 Å². The van der Waals surface area contributed by atoms with Crippen LogP contribution in [0.1, 0.15) is 35.2 Å². The first-order valence-electron chi connectivity index (χ1n) is 11.1. The highest BCUT2D eigenvalue weighted by atomic mass is 19.4. The summed E-state index contributed by atoms with van der Waals surface area (Å²) in [6.07, 6.45) is 0.758. The third-order valence-electron chi connectivity index (χ3n) is 6.69. The molecule has 2 atom stereocenters. The maximum atomic E-state index is 13.3. The van der Waals surface area contributed by atoms with Crippen LogP contribution < -0.4 is 4.90 Å². The molecule has 172 valence electrons. The van der Waals surface area contributed by atoms with Crippen molar-refractivity contribution in [1.82, 2.24) is 14.5 Å². The van der Waals surface area contributed by atoms with Gasteiger partial charge < -0.3 is 9.47 Å². The Bertz CT molecular complexity index is 1150. The number of hydrogen-bond acceptors (Lipinski definition) is 3. The van der Waals surface area contributed by atoms with E-state index in [0.29, 0.717) is 31.7 Å². The summed E-state index contributed by atoms with van der Waals surface area (Å²) in [4.78, 5) is 21.3. The molecule has 8 heteroatoms. The van der Waals surface area contributed by atoms with Crippen molar-refractivity contribution in [2.45, 2.75) is 51.1 Å². The predicted octanol–water partition coefficient (Wildman–Crippen LogP) is 4.64. The Balaban J connectivity index is 1.33. The lowest BCUT2D eigenvalue weighted by Crippen LogP contribution is -2.57. The molecule has 5 rings (SSSR count). The Morgan fingerprint density at radius 1 is 1.06 bits per heavy atom. The minimum absolute atomic E-state index is 0.102. The molecule has 2 aliphatic heterocycles. The summed E-state index contributed by atoms with van der Waals surface area (Å²) >= 11 is 0. The highest BCUT2D eigenvalue weighted by molar-refractivity contribution is 5.98. The van der Waals surface area contributed by atoms with Gasteiger partial charge in [0.1, 0.15) is 0 Å². The van der Waals surface area contributed by atoms with Crippen LogP contribution in [0.3, 0.4) is 0 Å². The lowest BCUT2D eigenvalue weighted by Gasteiger charge is -2.40. The number of rotatable bonds is 5. The van der Waals surface area contributed by atoms with E-state index in [1.807, 2.05) is 6.20 Å². The van der Waals surface area contributed by atoms with Crippen LogP contribution in [0.5, 0.6) is 0 Å². The van der Waals surface area contributed by atoms with Crippen LogP contribution in [0.2, 0.25) is 0 Å². The molecule has 1 aromatic heterocycles. The maximum Gasteiger partial charge on any atom is 0.416 e. The number of carbonyl (C=O) groups excluding carboxylic acids is 1. The van der Waals surface area contributed by atoms with E-state index in [4.69, 9.17) is 0 Å². The lowest BCUT2D eigenvalue weighted by molar-refractivity contribution is -0.137. The molecule has 0 spiro atoms. The third kappa shape index (κ3) is 4.27. The number of aromatic nitrogens is 2. The summed E-state index contributed by atoms with van der Waals surface area (Å²) in [6.45, 7) is 3.73. The molecule has 3 heterocycles. The van der Waals surface area contributed by atoms with E-state index in [0.717, 1.165) is 24.2 Å². The zero-order chi connectivity index (χ0) is 23.2. The van der Waals surface area contributed by atoms with Gasteiger partial charge in [-0.05, 0) is 43.5 Å². The second-order valence-corrected chi connectivity index (χ2v) is 8.91. The zero-order valence-corrected chi connectivity index (χ0v) is 18.3. The first-order valence-corrected chi connectivity index (χ1v) is 11.1. The van der Waals surface area contributed by atoms with Gasteiger partial charge in [-0.2, -0.15) is 13.2 Å². The Hall–Kier alpha value is -3.13. The summed E-state index contributed by atoms with van der Waals surface area (Å²) in [6, 6.07) is 13.2. The second kappa shape index (κ2) is 8.33. The molecule has 2 unspecified atom stereocenters. The van der Waals surface area contributed by atoms with Crippen molar-refractivity contribution >= 4 is 11.6 Å². The maximum absolute atomic E-state index is 13.3. The number of imidazole rings is 1. The van der Waals surface area contributed by atoms with Crippen molar-refractivity contribution in [1.29, 1.82) is 0 Å². The molecule has 0 radical (unpaired) electrons. The number of alkyl halides is 3. The molecule has 33 heavy (non-hydrogen) atoms. The lowest BCUT2D eigenvalue weighted by atomic mass is 10.1. The van der Waals surface area contributed by atoms with Crippen LogP contribution >= 0.6 is 0 Å². The monoisotopic (exact) mass is 454 g/mol. The number of anilines is 1. The molecule has 2 bridgehead atoms. The van der Waals surface area contributed by atoms with Crippen LogP contribution in [-0.2, 0) is 24.1 Å². The van der Waals surface area contributed by atoms with Gasteiger partial charge in [0.15, 0.2) is 0 Å². The first-order chi connectivity index (χ1) is 15.8. The summed E-state index contributed by atoms with van der Waals surface area (Å²) < 4.78 is 41.6. The smallest absolute Gasteiger partial charge is 0.329 e. The molecule has 0 saturated carbocycles. The molecule has 2 aromatic carbocycles. The van der Waals surface area contributed by atoms with Gasteiger partial charge >= 0.3 is 6.18 Å². The van der Waals surface area contributed by atoms with Crippen LogP contribution in [0.25, 0.3) is 0 Å². The van der Waals surface area contributed by atoms with Crippen molar-refractivity contribution in [2.75, 3.05) is 11.4 Å². The van der Waals surface area contributed by atoms with Gasteiger partial charge in [-0.25, -0.2) is 4.98 Å². The number of nitrogens with zero attached hydrogens (tertiary/aromatic N) is 4. The van der Waals surface area contributed by atoms with E-state index >= 15 is 0 Å². The average Bonchev–Trinajstić information content (AvgIpc) is 3.35. The van der Waals surface area contributed by atoms with Gasteiger partial charge in [0.2, 0.25) is 5.91 Å². The molecule has 0 N–H and O–H groups in total. The number of carbonyl (C=O) groups is 1. The van der Waals surface area contributed by atoms with Crippen molar-refractivity contribution in [3.05, 3.63) is 83.4 Å². The number of halogens is 3. The SMILES string of the molecule is Cc1ccc(Cn2cncc2CN2C3CCC2C(=O)N(c2cccc(C(F)(F)F)c2)C3)cc1. The fourth-order valence-corrected chi connectivity index (χ4v) is 4.90. The van der Waals surface area contributed by atoms with Gasteiger partial charge in [-0.1, -0.05) is 35.9 Å². The molecule has 2 saturated heterocycles. The Kier molecular flexibility index (Phi) is 5.48. The normalized spacial score (nSPS) is 21.1. The first kappa shape index (κ1) is 21.7. The molecular weight excluding hydrogens is 429 g/mol. The van der Waals surface area contributed by atoms with E-state index in [2.05, 4.69) is 45.6 Å². The molecule has 1 amide bonds. The summed E-state index contributed by atoms with van der Waals surface area (Å²) in [5, 5.41) is 0. The topological polar surface area (TPSA) is 41.4 Å². The van der Waals surface area contributed by atoms with E-state index in [1.54, 1.807) is 12.4 Å². The van der Waals surface area contributed by atoms with Crippen LogP contribution in [0.4, 0.5) is 18.9 Å². The highest BCUT2D eigenvalue weighted by Crippen LogP contribution is 2.37. The molecule has 5 nitrogen and oxygen atoms in total. The van der Waals surface area contributed by atoms with Gasteiger partial charge in [0.05, 0.1) is 23.6 Å². The number of hydrogen-bond donors (Lipinski definition) is 0. The zero-order valence-electron chi connectivity index (χ0n) is 18.3. The number of aryl methyl sites for hydroxylation is 1. The number of fused-ring (bicyclic) bond motifs is 2. The minimum atomic E-state index is -4.43. The van der Waals surface area contributed by atoms with E-state index in [9.17, 15) is 18.0 Å². The summed E-state index contributed by atoms with van der Waals surface area (Å²) in [5.41, 5.74) is 2.98. The predicted molar refractivity (Wildman–Crippen MR) is 119 cm³/mol. The standard InChI is InChI=1S/C25H25F3N4O/c1-17-5-7-18(8-6-17)13-30-16-29-12-22(30)15-31-21-9-10-23(31)24(33)32(14-21)20-4-2-3-19(11-20)25(26,27)28/h2-8,11-12,16,21,23H,9-10,13-15H2,1H3. The van der Waals surface area contributed by atoms with Gasteiger partial charge in [0, 0.05) is 37.6 Å². The largest absolute Gasteiger partial charge is 0.416 e. The summed E-state index contributed by atoms with van der Waals surface area (Å²) in [7, 11) is 0. The molecular formula is C25H25F3N4O. The highest BCUT2D eigenvalue weighted by Gasteiger charge is 2.46. The van der Waals surface area contributed by atoms with Crippen molar-refractivity contribution in [2.24, 2.45) is 0 Å². The average molecular weight is 454 g/mol. The quantitative estimate of drug-likeness (QED) is 0.564. The van der Waals surface area contributed by atoms with Gasteiger partial charge in [-0.3, -0.25) is 9.69 Å². The van der Waals surface area contributed by atoms with Crippen molar-refractivity contribution in [3.63, 3.8) is 0 Å². The molecule has 3 aromatic rings. The fourth-order valence-electron chi connectivity index (χ4n) is 4.90. The molecule has 2 aliphatic rings. The summed E-state index contributed by atoms with van der Waals surface area (Å²) in [5.74, 6) is -0.132. The number of amides is 1. The van der Waals surface area contributed by atoms with Crippen molar-refractivity contribution < 1.29 is 18.0 Å². The van der Waals surface area contributed by atoms with Crippen molar-refractivity contribution in [3.8, 4) is 0 Å². The Labute approximate surface area is 190 Å². The van der Waals surface area contributed by atoms with E-state index < -0.39 is 11.7 Å². The van der Waals surface area contributed by atoms with Crippen LogP contribution in [0, 0.1) is 6.92 Å². The minimum Gasteiger partial charge on any atom is -0.329 e. The van der Waals surface area contributed by atoms with E-state index in [1.165, 1.54) is 22.1 Å². The molecule has 0 aliphatic carbocycles. The Morgan fingerprint density at radius 3 is 2.61 bits per heavy atom. The number of benzene rings is 2. The van der Waals surface area contributed by atoms with Crippen LogP contribution in [-0.4, -0.2) is 39.0 Å². The van der Waals surface area contributed by atoms with E-state index in [-0.39, 0.29) is 18.0 Å². The van der Waals surface area contributed by atoms with Gasteiger partial charge in [-0.15, -0.1) is 0 Å². The Morgan fingerprint density at radius 2 is 1.85 bits per heavy atom. The second-order valence-electron chi connectivity index (χ2n) is 8.91. The number of piperazine rings is 1. The molecule has 2 fully saturated rings. The fraction of sp³-hybridized carbons (Fsp3) is 0.360. The van der Waals surface area contributed by atoms with Crippen LogP contribution in [0.15, 0.2) is 61.1 Å². The third-order valence-corrected chi connectivity index (χ3v) is 6.69.